The van der Waals surface area contributed by atoms with Crippen molar-refractivity contribution in [3.63, 3.8) is 0 Å². The number of aromatic nitrogens is 2. The Morgan fingerprint density at radius 2 is 2.00 bits per heavy atom. The van der Waals surface area contributed by atoms with Crippen LogP contribution >= 0.6 is 22.6 Å². The second kappa shape index (κ2) is 5.50. The van der Waals surface area contributed by atoms with E-state index in [4.69, 9.17) is 0 Å². The van der Waals surface area contributed by atoms with E-state index in [-0.39, 0.29) is 5.56 Å². The summed E-state index contributed by atoms with van der Waals surface area (Å²) < 4.78 is 0.669. The monoisotopic (exact) mass is 346 g/mol. The molecule has 17 heavy (non-hydrogen) atoms. The van der Waals surface area contributed by atoms with Crippen molar-refractivity contribution < 1.29 is 0 Å². The lowest BCUT2D eigenvalue weighted by atomic mass is 9.77. The molecule has 2 rings (SSSR count). The van der Waals surface area contributed by atoms with Crippen LogP contribution in [0.25, 0.3) is 0 Å². The highest BCUT2D eigenvalue weighted by Gasteiger charge is 2.25. The van der Waals surface area contributed by atoms with Crippen LogP contribution in [0.15, 0.2) is 11.0 Å². The first-order valence-electron chi connectivity index (χ1n) is 6.32. The van der Waals surface area contributed by atoms with Crippen LogP contribution in [0.4, 0.5) is 0 Å². The summed E-state index contributed by atoms with van der Waals surface area (Å²) in [6.07, 6.45) is 6.53. The van der Waals surface area contributed by atoms with Crippen molar-refractivity contribution in [2.75, 3.05) is 0 Å². The van der Waals surface area contributed by atoms with E-state index in [1.807, 2.05) is 22.6 Å². The number of hydrogen-bond acceptors (Lipinski definition) is 2. The van der Waals surface area contributed by atoms with E-state index in [0.717, 1.165) is 30.5 Å². The molecule has 0 saturated heterocycles. The summed E-state index contributed by atoms with van der Waals surface area (Å²) in [6, 6.07) is 0. The number of halogens is 1. The average molecular weight is 346 g/mol. The third-order valence-corrected chi connectivity index (χ3v) is 4.65. The molecule has 1 N–H and O–H groups in total. The largest absolute Gasteiger partial charge is 0.309 e. The van der Waals surface area contributed by atoms with Crippen LogP contribution in [-0.4, -0.2) is 9.97 Å². The highest BCUT2D eigenvalue weighted by atomic mass is 127. The van der Waals surface area contributed by atoms with Crippen molar-refractivity contribution in [3.8, 4) is 0 Å². The molecule has 0 unspecified atom stereocenters. The Balaban J connectivity index is 2.05. The Bertz CT molecular complexity index is 433. The fraction of sp³-hybridized carbons (Fsp3) is 0.692. The van der Waals surface area contributed by atoms with Gasteiger partial charge in [0.05, 0.1) is 3.57 Å². The highest BCUT2D eigenvalue weighted by Crippen LogP contribution is 2.37. The van der Waals surface area contributed by atoms with Crippen LogP contribution in [0.1, 0.15) is 51.3 Å². The molecular weight excluding hydrogens is 327 g/mol. The molecule has 0 atom stereocenters. The summed E-state index contributed by atoms with van der Waals surface area (Å²) in [5, 5.41) is 0. The summed E-state index contributed by atoms with van der Waals surface area (Å²) in [5.74, 6) is 2.97. The summed E-state index contributed by atoms with van der Waals surface area (Å²) in [6.45, 7) is 4.60. The molecule has 0 amide bonds. The van der Waals surface area contributed by atoms with Crippen LogP contribution < -0.4 is 5.56 Å². The Hall–Kier alpha value is -0.390. The molecule has 1 aromatic heterocycles. The zero-order valence-corrected chi connectivity index (χ0v) is 12.5. The Morgan fingerprint density at radius 1 is 1.35 bits per heavy atom. The second-order valence-corrected chi connectivity index (χ2v) is 6.46. The Kier molecular flexibility index (Phi) is 4.22. The maximum absolute atomic E-state index is 11.6. The quantitative estimate of drug-likeness (QED) is 0.836. The van der Waals surface area contributed by atoms with Crippen molar-refractivity contribution in [1.82, 2.24) is 9.97 Å². The van der Waals surface area contributed by atoms with Crippen LogP contribution in [-0.2, 0) is 0 Å². The van der Waals surface area contributed by atoms with Gasteiger partial charge in [0.25, 0.3) is 5.56 Å². The Morgan fingerprint density at radius 3 is 2.53 bits per heavy atom. The van der Waals surface area contributed by atoms with Crippen molar-refractivity contribution in [1.29, 1.82) is 0 Å². The normalized spacial score (nSPS) is 25.2. The number of rotatable bonds is 2. The SMILES string of the molecule is CC(C)C1CCC(c2ncc(I)c(=O)[nH]2)CC1. The van der Waals surface area contributed by atoms with E-state index in [1.165, 1.54) is 12.8 Å². The van der Waals surface area contributed by atoms with Crippen molar-refractivity contribution in [2.24, 2.45) is 11.8 Å². The molecule has 0 bridgehead atoms. The lowest BCUT2D eigenvalue weighted by molar-refractivity contribution is 0.254. The van der Waals surface area contributed by atoms with Gasteiger partial charge in [0, 0.05) is 12.1 Å². The fourth-order valence-electron chi connectivity index (χ4n) is 2.66. The third kappa shape index (κ3) is 3.09. The molecule has 0 aromatic carbocycles. The van der Waals surface area contributed by atoms with Gasteiger partial charge in [0.2, 0.25) is 0 Å². The number of hydrogen-bond donors (Lipinski definition) is 1. The van der Waals surface area contributed by atoms with Gasteiger partial charge in [-0.1, -0.05) is 13.8 Å². The van der Waals surface area contributed by atoms with Gasteiger partial charge < -0.3 is 4.98 Å². The zero-order chi connectivity index (χ0) is 12.4. The van der Waals surface area contributed by atoms with Crippen LogP contribution in [0, 0.1) is 15.4 Å². The van der Waals surface area contributed by atoms with Gasteiger partial charge in [-0.3, -0.25) is 4.79 Å². The van der Waals surface area contributed by atoms with E-state index in [2.05, 4.69) is 23.8 Å². The third-order valence-electron chi connectivity index (χ3n) is 3.88. The average Bonchev–Trinajstić information content (AvgIpc) is 2.33. The van der Waals surface area contributed by atoms with Gasteiger partial charge in [0.1, 0.15) is 5.82 Å². The molecule has 1 aliphatic rings. The Labute approximate surface area is 116 Å². The van der Waals surface area contributed by atoms with E-state index in [0.29, 0.717) is 9.49 Å². The van der Waals surface area contributed by atoms with E-state index < -0.39 is 0 Å². The lowest BCUT2D eigenvalue weighted by Gasteiger charge is -2.30. The number of aromatic amines is 1. The fourth-order valence-corrected chi connectivity index (χ4v) is 2.93. The van der Waals surface area contributed by atoms with Gasteiger partial charge in [-0.05, 0) is 60.1 Å². The van der Waals surface area contributed by atoms with Gasteiger partial charge >= 0.3 is 0 Å². The van der Waals surface area contributed by atoms with Gasteiger partial charge in [0.15, 0.2) is 0 Å². The minimum Gasteiger partial charge on any atom is -0.309 e. The molecule has 3 nitrogen and oxygen atoms in total. The lowest BCUT2D eigenvalue weighted by Crippen LogP contribution is -2.22. The first-order chi connectivity index (χ1) is 8.08. The van der Waals surface area contributed by atoms with Gasteiger partial charge in [-0.2, -0.15) is 0 Å². The molecule has 0 spiro atoms. The second-order valence-electron chi connectivity index (χ2n) is 5.30. The standard InChI is InChI=1S/C13H19IN2O/c1-8(2)9-3-5-10(6-4-9)12-15-7-11(14)13(17)16-12/h7-10H,3-6H2,1-2H3,(H,15,16,17). The molecular formula is C13H19IN2O. The van der Waals surface area contributed by atoms with E-state index >= 15 is 0 Å². The minimum atomic E-state index is 0.00147. The van der Waals surface area contributed by atoms with E-state index in [9.17, 15) is 4.79 Å². The van der Waals surface area contributed by atoms with Crippen LogP contribution in [0.5, 0.6) is 0 Å². The summed E-state index contributed by atoms with van der Waals surface area (Å²) >= 11 is 2.02. The number of nitrogens with one attached hydrogen (secondary N) is 1. The molecule has 0 radical (unpaired) electrons. The van der Waals surface area contributed by atoms with Crippen LogP contribution in [0.3, 0.4) is 0 Å². The smallest absolute Gasteiger partial charge is 0.264 e. The number of nitrogens with zero attached hydrogens (tertiary/aromatic N) is 1. The molecule has 1 heterocycles. The summed E-state index contributed by atoms with van der Waals surface area (Å²) in [4.78, 5) is 18.8. The predicted molar refractivity (Wildman–Crippen MR) is 77.1 cm³/mol. The molecule has 1 fully saturated rings. The van der Waals surface area contributed by atoms with Gasteiger partial charge in [-0.25, -0.2) is 4.98 Å². The van der Waals surface area contributed by atoms with E-state index in [1.54, 1.807) is 6.20 Å². The number of H-pyrrole nitrogens is 1. The predicted octanol–water partition coefficient (Wildman–Crippen LogP) is 3.30. The minimum absolute atomic E-state index is 0.00147. The van der Waals surface area contributed by atoms with Gasteiger partial charge in [-0.15, -0.1) is 0 Å². The summed E-state index contributed by atoms with van der Waals surface area (Å²) in [7, 11) is 0. The maximum Gasteiger partial charge on any atom is 0.264 e. The first-order valence-corrected chi connectivity index (χ1v) is 7.40. The van der Waals surface area contributed by atoms with Crippen molar-refractivity contribution in [2.45, 2.75) is 45.4 Å². The maximum atomic E-state index is 11.6. The van der Waals surface area contributed by atoms with Crippen LogP contribution in [0.2, 0.25) is 0 Å². The molecule has 0 aliphatic heterocycles. The summed E-state index contributed by atoms with van der Waals surface area (Å²) in [5.41, 5.74) is 0.00147. The topological polar surface area (TPSA) is 45.8 Å². The van der Waals surface area contributed by atoms with Crippen molar-refractivity contribution >= 4 is 22.6 Å². The molecule has 94 valence electrons. The first kappa shape index (κ1) is 13.1. The van der Waals surface area contributed by atoms with Crippen molar-refractivity contribution in [3.05, 3.63) is 25.9 Å². The molecule has 1 aromatic rings. The zero-order valence-electron chi connectivity index (χ0n) is 10.4. The highest BCUT2D eigenvalue weighted by molar-refractivity contribution is 14.1. The molecule has 1 saturated carbocycles. The molecule has 1 aliphatic carbocycles. The molecule has 4 heteroatoms.